The number of unbranched alkanes of at least 4 members (excludes halogenated alkanes) is 1. The molecule has 1 aliphatic heterocycles. The van der Waals surface area contributed by atoms with Crippen LogP contribution >= 0.6 is 0 Å². The number of aryl methyl sites for hydroxylation is 2. The predicted octanol–water partition coefficient (Wildman–Crippen LogP) is 3.27. The third-order valence-corrected chi connectivity index (χ3v) is 5.11. The lowest BCUT2D eigenvalue weighted by atomic mass is 9.97. The largest absolute Gasteiger partial charge is 0.353 e. The molecule has 0 spiro atoms. The molecular weight excluding hydrogens is 300 g/mol. The Bertz CT molecular complexity index is 565. The number of aromatic nitrogens is 2. The summed E-state index contributed by atoms with van der Waals surface area (Å²) in [6.07, 6.45) is 4.27. The van der Waals surface area contributed by atoms with Gasteiger partial charge in [0.2, 0.25) is 5.91 Å². The molecule has 2 heterocycles. The van der Waals surface area contributed by atoms with Crippen molar-refractivity contribution < 1.29 is 4.79 Å². The van der Waals surface area contributed by atoms with E-state index in [0.717, 1.165) is 74.8 Å². The molecule has 1 aromatic heterocycles. The molecule has 5 heteroatoms. The minimum Gasteiger partial charge on any atom is -0.353 e. The van der Waals surface area contributed by atoms with Crippen molar-refractivity contribution in [3.05, 3.63) is 17.1 Å². The summed E-state index contributed by atoms with van der Waals surface area (Å²) in [4.78, 5) is 26.1. The van der Waals surface area contributed by atoms with Gasteiger partial charge < -0.3 is 9.80 Å². The molecule has 1 saturated heterocycles. The van der Waals surface area contributed by atoms with Crippen LogP contribution in [-0.2, 0) is 4.79 Å². The summed E-state index contributed by atoms with van der Waals surface area (Å²) >= 11 is 0. The van der Waals surface area contributed by atoms with Gasteiger partial charge >= 0.3 is 0 Å². The molecule has 134 valence electrons. The van der Waals surface area contributed by atoms with Crippen molar-refractivity contribution in [1.82, 2.24) is 14.9 Å². The summed E-state index contributed by atoms with van der Waals surface area (Å²) in [5.74, 6) is 2.39. The zero-order valence-electron chi connectivity index (χ0n) is 15.9. The fourth-order valence-corrected chi connectivity index (χ4v) is 3.41. The number of piperazine rings is 1. The molecule has 0 saturated carbocycles. The van der Waals surface area contributed by atoms with Crippen LogP contribution in [0.3, 0.4) is 0 Å². The van der Waals surface area contributed by atoms with E-state index < -0.39 is 0 Å². The lowest BCUT2D eigenvalue weighted by Crippen LogP contribution is -2.50. The van der Waals surface area contributed by atoms with Crippen molar-refractivity contribution in [2.45, 2.75) is 60.3 Å². The van der Waals surface area contributed by atoms with Crippen LogP contribution in [0, 0.1) is 26.7 Å². The molecule has 0 radical (unpaired) electrons. The van der Waals surface area contributed by atoms with E-state index >= 15 is 0 Å². The van der Waals surface area contributed by atoms with Gasteiger partial charge in [-0.15, -0.1) is 0 Å². The van der Waals surface area contributed by atoms with E-state index in [9.17, 15) is 4.79 Å². The summed E-state index contributed by atoms with van der Waals surface area (Å²) in [7, 11) is 0. The number of anilines is 1. The van der Waals surface area contributed by atoms with Crippen molar-refractivity contribution in [3.63, 3.8) is 0 Å². The highest BCUT2D eigenvalue weighted by Gasteiger charge is 2.27. The number of hydrogen-bond donors (Lipinski definition) is 0. The molecule has 1 unspecified atom stereocenters. The lowest BCUT2D eigenvalue weighted by Gasteiger charge is -2.37. The Kier molecular flexibility index (Phi) is 6.58. The van der Waals surface area contributed by atoms with Crippen molar-refractivity contribution in [1.29, 1.82) is 0 Å². The smallest absolute Gasteiger partial charge is 0.225 e. The maximum absolute atomic E-state index is 12.7. The summed E-state index contributed by atoms with van der Waals surface area (Å²) in [5.41, 5.74) is 2.19. The lowest BCUT2D eigenvalue weighted by molar-refractivity contribution is -0.136. The van der Waals surface area contributed by atoms with Gasteiger partial charge in [0.1, 0.15) is 11.6 Å². The molecule has 5 nitrogen and oxygen atoms in total. The summed E-state index contributed by atoms with van der Waals surface area (Å²) in [6.45, 7) is 13.7. The van der Waals surface area contributed by atoms with Crippen LogP contribution in [0.2, 0.25) is 0 Å². The predicted molar refractivity (Wildman–Crippen MR) is 98.3 cm³/mol. The Labute approximate surface area is 146 Å². The first-order valence-corrected chi connectivity index (χ1v) is 9.33. The number of carbonyl (C=O) groups is 1. The van der Waals surface area contributed by atoms with Crippen LogP contribution in [-0.4, -0.2) is 47.0 Å². The highest BCUT2D eigenvalue weighted by atomic mass is 16.2. The monoisotopic (exact) mass is 332 g/mol. The highest BCUT2D eigenvalue weighted by Crippen LogP contribution is 2.22. The summed E-state index contributed by atoms with van der Waals surface area (Å²) in [5, 5.41) is 0. The van der Waals surface area contributed by atoms with E-state index in [-0.39, 0.29) is 5.92 Å². The molecule has 1 fully saturated rings. The maximum Gasteiger partial charge on any atom is 0.225 e. The summed E-state index contributed by atoms with van der Waals surface area (Å²) in [6, 6.07) is 0. The number of hydrogen-bond acceptors (Lipinski definition) is 4. The highest BCUT2D eigenvalue weighted by molar-refractivity contribution is 5.79. The second kappa shape index (κ2) is 8.45. The van der Waals surface area contributed by atoms with Gasteiger partial charge in [0.25, 0.3) is 0 Å². The Morgan fingerprint density at radius 3 is 2.33 bits per heavy atom. The minimum atomic E-state index is 0.196. The van der Waals surface area contributed by atoms with Crippen LogP contribution < -0.4 is 4.90 Å². The van der Waals surface area contributed by atoms with Gasteiger partial charge in [-0.05, 0) is 33.6 Å². The van der Waals surface area contributed by atoms with E-state index in [1.54, 1.807) is 0 Å². The number of rotatable bonds is 6. The molecular formula is C19H32N4O. The topological polar surface area (TPSA) is 49.3 Å². The molecule has 1 aliphatic rings. The van der Waals surface area contributed by atoms with Gasteiger partial charge in [-0.25, -0.2) is 9.97 Å². The second-order valence-corrected chi connectivity index (χ2v) is 6.86. The molecule has 0 N–H and O–H groups in total. The van der Waals surface area contributed by atoms with E-state index in [1.807, 2.05) is 13.8 Å². The number of amides is 1. The molecule has 1 atom stereocenters. The fraction of sp³-hybridized carbons (Fsp3) is 0.737. The SMILES string of the molecule is CCCCC(CC)C(=O)N1CCN(c2nc(C)nc(C)c2C)CC1. The molecule has 0 bridgehead atoms. The van der Waals surface area contributed by atoms with Crippen molar-refractivity contribution in [2.24, 2.45) is 5.92 Å². The zero-order valence-corrected chi connectivity index (χ0v) is 15.9. The van der Waals surface area contributed by atoms with Gasteiger partial charge in [-0.2, -0.15) is 0 Å². The van der Waals surface area contributed by atoms with Crippen LogP contribution in [0.15, 0.2) is 0 Å². The van der Waals surface area contributed by atoms with Gasteiger partial charge in [0, 0.05) is 43.4 Å². The quantitative estimate of drug-likeness (QED) is 0.802. The van der Waals surface area contributed by atoms with Crippen LogP contribution in [0.4, 0.5) is 5.82 Å². The van der Waals surface area contributed by atoms with Crippen LogP contribution in [0.25, 0.3) is 0 Å². The van der Waals surface area contributed by atoms with Crippen molar-refractivity contribution in [2.75, 3.05) is 31.1 Å². The van der Waals surface area contributed by atoms with Gasteiger partial charge in [0.05, 0.1) is 0 Å². The van der Waals surface area contributed by atoms with Gasteiger partial charge in [-0.1, -0.05) is 26.7 Å². The van der Waals surface area contributed by atoms with Crippen molar-refractivity contribution in [3.8, 4) is 0 Å². The molecule has 24 heavy (non-hydrogen) atoms. The van der Waals surface area contributed by atoms with Crippen molar-refractivity contribution >= 4 is 11.7 Å². The van der Waals surface area contributed by atoms with E-state index in [1.165, 1.54) is 0 Å². The van der Waals surface area contributed by atoms with Gasteiger partial charge in [-0.3, -0.25) is 4.79 Å². The number of nitrogens with zero attached hydrogens (tertiary/aromatic N) is 4. The first-order valence-electron chi connectivity index (χ1n) is 9.33. The molecule has 1 aromatic rings. The molecule has 2 rings (SSSR count). The Hall–Kier alpha value is -1.65. The first-order chi connectivity index (χ1) is 11.5. The third kappa shape index (κ3) is 4.25. The normalized spacial score (nSPS) is 16.4. The second-order valence-electron chi connectivity index (χ2n) is 6.86. The zero-order chi connectivity index (χ0) is 17.7. The Morgan fingerprint density at radius 1 is 1.08 bits per heavy atom. The maximum atomic E-state index is 12.7. The molecule has 0 aliphatic carbocycles. The van der Waals surface area contributed by atoms with Gasteiger partial charge in [0.15, 0.2) is 0 Å². The minimum absolute atomic E-state index is 0.196. The summed E-state index contributed by atoms with van der Waals surface area (Å²) < 4.78 is 0. The average Bonchev–Trinajstić information content (AvgIpc) is 2.58. The number of carbonyl (C=O) groups excluding carboxylic acids is 1. The third-order valence-electron chi connectivity index (χ3n) is 5.11. The van der Waals surface area contributed by atoms with E-state index in [4.69, 9.17) is 0 Å². The standard InChI is InChI=1S/C19H32N4O/c1-6-8-9-17(7-2)19(24)23-12-10-22(11-13-23)18-14(3)15(4)20-16(5)21-18/h17H,6-13H2,1-5H3. The fourth-order valence-electron chi connectivity index (χ4n) is 3.41. The first kappa shape index (κ1) is 18.7. The Morgan fingerprint density at radius 2 is 1.75 bits per heavy atom. The molecule has 1 amide bonds. The molecule has 0 aromatic carbocycles. The van der Waals surface area contributed by atoms with E-state index in [2.05, 4.69) is 40.5 Å². The van der Waals surface area contributed by atoms with Crippen LogP contribution in [0.1, 0.15) is 56.6 Å². The Balaban J connectivity index is 1.99. The average molecular weight is 332 g/mol. The van der Waals surface area contributed by atoms with E-state index in [0.29, 0.717) is 5.91 Å². The van der Waals surface area contributed by atoms with Crippen LogP contribution in [0.5, 0.6) is 0 Å².